The predicted molar refractivity (Wildman–Crippen MR) is 71.9 cm³/mol. The Morgan fingerprint density at radius 1 is 1.29 bits per heavy atom. The molecular formula is C13H18Cl2O2. The van der Waals surface area contributed by atoms with Crippen LogP contribution in [0.3, 0.4) is 0 Å². The number of hydrogen-bond donors (Lipinski definition) is 1. The van der Waals surface area contributed by atoms with Crippen molar-refractivity contribution in [1.82, 2.24) is 0 Å². The van der Waals surface area contributed by atoms with E-state index in [1.54, 1.807) is 6.07 Å². The zero-order chi connectivity index (χ0) is 12.7. The third kappa shape index (κ3) is 5.26. The maximum absolute atomic E-state index is 9.84. The molecule has 1 unspecified atom stereocenters. The number of halogens is 2. The van der Waals surface area contributed by atoms with E-state index in [-0.39, 0.29) is 0 Å². The number of ether oxygens (including phenoxy) is 1. The minimum Gasteiger partial charge on any atom is -0.393 e. The topological polar surface area (TPSA) is 29.5 Å². The van der Waals surface area contributed by atoms with Crippen molar-refractivity contribution in [2.24, 2.45) is 0 Å². The Morgan fingerprint density at radius 2 is 2.06 bits per heavy atom. The van der Waals surface area contributed by atoms with E-state index < -0.39 is 6.10 Å². The van der Waals surface area contributed by atoms with Crippen LogP contribution >= 0.6 is 23.2 Å². The lowest BCUT2D eigenvalue weighted by Gasteiger charge is -2.12. The summed E-state index contributed by atoms with van der Waals surface area (Å²) in [5, 5.41) is 10.9. The van der Waals surface area contributed by atoms with Crippen LogP contribution in [-0.2, 0) is 11.2 Å². The van der Waals surface area contributed by atoms with E-state index >= 15 is 0 Å². The first-order chi connectivity index (χ1) is 8.15. The fourth-order valence-electron chi connectivity index (χ4n) is 1.53. The minimum absolute atomic E-state index is 0.442. The third-order valence-electron chi connectivity index (χ3n) is 2.43. The molecule has 17 heavy (non-hydrogen) atoms. The summed E-state index contributed by atoms with van der Waals surface area (Å²) in [7, 11) is 0. The van der Waals surface area contributed by atoms with Crippen LogP contribution in [0.5, 0.6) is 0 Å². The van der Waals surface area contributed by atoms with Crippen molar-refractivity contribution in [3.05, 3.63) is 33.8 Å². The normalized spacial score (nSPS) is 12.7. The molecule has 0 aliphatic carbocycles. The molecule has 2 nitrogen and oxygen atoms in total. The molecule has 96 valence electrons. The van der Waals surface area contributed by atoms with Crippen molar-refractivity contribution in [1.29, 1.82) is 0 Å². The van der Waals surface area contributed by atoms with Crippen molar-refractivity contribution >= 4 is 23.2 Å². The van der Waals surface area contributed by atoms with Crippen LogP contribution < -0.4 is 0 Å². The van der Waals surface area contributed by atoms with Gasteiger partial charge in [0.2, 0.25) is 0 Å². The van der Waals surface area contributed by atoms with Crippen molar-refractivity contribution < 1.29 is 9.84 Å². The summed E-state index contributed by atoms with van der Waals surface area (Å²) in [6, 6.07) is 5.46. The van der Waals surface area contributed by atoms with E-state index in [9.17, 15) is 5.11 Å². The number of hydrogen-bond acceptors (Lipinski definition) is 2. The van der Waals surface area contributed by atoms with Crippen LogP contribution in [0.25, 0.3) is 0 Å². The molecule has 1 atom stereocenters. The van der Waals surface area contributed by atoms with Gasteiger partial charge in [-0.1, -0.05) is 42.3 Å². The second kappa shape index (κ2) is 7.93. The predicted octanol–water partition coefficient (Wildman–Crippen LogP) is 3.71. The quantitative estimate of drug-likeness (QED) is 0.770. The molecule has 0 saturated heterocycles. The van der Waals surface area contributed by atoms with E-state index in [0.717, 1.165) is 18.6 Å². The van der Waals surface area contributed by atoms with Crippen LogP contribution in [0.4, 0.5) is 0 Å². The SMILES string of the molecule is CCCOCCC(O)Cc1cccc(Cl)c1Cl. The summed E-state index contributed by atoms with van der Waals surface area (Å²) in [6.07, 6.45) is 1.68. The maximum atomic E-state index is 9.84. The first kappa shape index (κ1) is 14.8. The summed E-state index contributed by atoms with van der Waals surface area (Å²) in [4.78, 5) is 0. The van der Waals surface area contributed by atoms with Gasteiger partial charge in [-0.2, -0.15) is 0 Å². The monoisotopic (exact) mass is 276 g/mol. The molecule has 0 aliphatic heterocycles. The van der Waals surface area contributed by atoms with Gasteiger partial charge in [-0.15, -0.1) is 0 Å². The van der Waals surface area contributed by atoms with Crippen LogP contribution in [-0.4, -0.2) is 24.4 Å². The standard InChI is InChI=1S/C13H18Cl2O2/c1-2-7-17-8-6-11(16)9-10-4-3-5-12(14)13(10)15/h3-5,11,16H,2,6-9H2,1H3. The van der Waals surface area contributed by atoms with Gasteiger partial charge in [0, 0.05) is 13.2 Å². The lowest BCUT2D eigenvalue weighted by molar-refractivity contribution is 0.0824. The molecule has 0 aliphatic rings. The molecule has 0 heterocycles. The van der Waals surface area contributed by atoms with Gasteiger partial charge in [-0.25, -0.2) is 0 Å². The Balaban J connectivity index is 2.39. The molecule has 0 fully saturated rings. The fourth-order valence-corrected chi connectivity index (χ4v) is 1.93. The van der Waals surface area contributed by atoms with Gasteiger partial charge in [0.1, 0.15) is 0 Å². The Kier molecular flexibility index (Phi) is 6.90. The van der Waals surface area contributed by atoms with Crippen LogP contribution in [0.2, 0.25) is 10.0 Å². The Labute approximate surface area is 113 Å². The molecule has 0 spiro atoms. The first-order valence-corrected chi connectivity index (χ1v) is 6.59. The lowest BCUT2D eigenvalue weighted by Crippen LogP contribution is -2.14. The molecular weight excluding hydrogens is 259 g/mol. The highest BCUT2D eigenvalue weighted by atomic mass is 35.5. The van der Waals surface area contributed by atoms with Crippen molar-refractivity contribution in [2.75, 3.05) is 13.2 Å². The number of aliphatic hydroxyl groups excluding tert-OH is 1. The average molecular weight is 277 g/mol. The minimum atomic E-state index is -0.442. The fraction of sp³-hybridized carbons (Fsp3) is 0.538. The summed E-state index contributed by atoms with van der Waals surface area (Å²) in [6.45, 7) is 3.38. The van der Waals surface area contributed by atoms with E-state index in [4.69, 9.17) is 27.9 Å². The summed E-state index contributed by atoms with van der Waals surface area (Å²) < 4.78 is 5.33. The smallest absolute Gasteiger partial charge is 0.0625 e. The summed E-state index contributed by atoms with van der Waals surface area (Å²) in [5.41, 5.74) is 0.877. The summed E-state index contributed by atoms with van der Waals surface area (Å²) in [5.74, 6) is 0. The first-order valence-electron chi connectivity index (χ1n) is 5.83. The van der Waals surface area contributed by atoms with Crippen molar-refractivity contribution in [3.63, 3.8) is 0 Å². The Morgan fingerprint density at radius 3 is 2.76 bits per heavy atom. The Hall–Kier alpha value is -0.280. The second-order valence-electron chi connectivity index (χ2n) is 3.97. The molecule has 0 aromatic heterocycles. The van der Waals surface area contributed by atoms with Gasteiger partial charge >= 0.3 is 0 Å². The number of benzene rings is 1. The van der Waals surface area contributed by atoms with E-state index in [1.165, 1.54) is 0 Å². The van der Waals surface area contributed by atoms with Crippen LogP contribution in [0.1, 0.15) is 25.3 Å². The second-order valence-corrected chi connectivity index (χ2v) is 4.76. The van der Waals surface area contributed by atoms with Gasteiger partial charge in [0.25, 0.3) is 0 Å². The van der Waals surface area contributed by atoms with Gasteiger partial charge in [0.05, 0.1) is 16.1 Å². The van der Waals surface area contributed by atoms with Gasteiger partial charge in [-0.3, -0.25) is 0 Å². The van der Waals surface area contributed by atoms with Crippen LogP contribution in [0, 0.1) is 0 Å². The molecule has 1 aromatic rings. The van der Waals surface area contributed by atoms with E-state index in [0.29, 0.717) is 29.5 Å². The number of aliphatic hydroxyl groups is 1. The zero-order valence-electron chi connectivity index (χ0n) is 9.96. The molecule has 1 aromatic carbocycles. The molecule has 1 rings (SSSR count). The lowest BCUT2D eigenvalue weighted by atomic mass is 10.1. The Bertz CT molecular complexity index is 342. The van der Waals surface area contributed by atoms with E-state index in [2.05, 4.69) is 6.92 Å². The molecule has 1 N–H and O–H groups in total. The third-order valence-corrected chi connectivity index (χ3v) is 3.29. The highest BCUT2D eigenvalue weighted by molar-refractivity contribution is 6.42. The van der Waals surface area contributed by atoms with Crippen molar-refractivity contribution in [2.45, 2.75) is 32.3 Å². The maximum Gasteiger partial charge on any atom is 0.0625 e. The largest absolute Gasteiger partial charge is 0.393 e. The van der Waals surface area contributed by atoms with Gasteiger partial charge in [-0.05, 0) is 30.9 Å². The highest BCUT2D eigenvalue weighted by Gasteiger charge is 2.10. The van der Waals surface area contributed by atoms with Gasteiger partial charge < -0.3 is 9.84 Å². The van der Waals surface area contributed by atoms with Crippen molar-refractivity contribution in [3.8, 4) is 0 Å². The number of rotatable bonds is 7. The van der Waals surface area contributed by atoms with Gasteiger partial charge in [0.15, 0.2) is 0 Å². The molecule has 0 bridgehead atoms. The summed E-state index contributed by atoms with van der Waals surface area (Å²) >= 11 is 12.0. The highest BCUT2D eigenvalue weighted by Crippen LogP contribution is 2.26. The van der Waals surface area contributed by atoms with E-state index in [1.807, 2.05) is 12.1 Å². The molecule has 0 saturated carbocycles. The van der Waals surface area contributed by atoms with Crippen LogP contribution in [0.15, 0.2) is 18.2 Å². The zero-order valence-corrected chi connectivity index (χ0v) is 11.5. The molecule has 4 heteroatoms. The average Bonchev–Trinajstić information content (AvgIpc) is 2.31. The molecule has 0 amide bonds. The molecule has 0 radical (unpaired) electrons.